The second-order valence-corrected chi connectivity index (χ2v) is 8.22. The third kappa shape index (κ3) is 2.75. The van der Waals surface area contributed by atoms with Gasteiger partial charge in [0, 0.05) is 37.2 Å². The van der Waals surface area contributed by atoms with Crippen molar-refractivity contribution in [2.75, 3.05) is 5.32 Å². The summed E-state index contributed by atoms with van der Waals surface area (Å²) in [4.78, 5) is 14.1. The molecule has 30 heavy (non-hydrogen) atoms. The molecule has 6 rings (SSSR count). The number of nitrogens with one attached hydrogen (secondary N) is 3. The second kappa shape index (κ2) is 6.53. The predicted molar refractivity (Wildman–Crippen MR) is 121 cm³/mol. The van der Waals surface area contributed by atoms with E-state index in [0.717, 1.165) is 32.2 Å². The molecule has 1 amide bonds. The van der Waals surface area contributed by atoms with Crippen LogP contribution in [0.25, 0.3) is 42.3 Å². The summed E-state index contributed by atoms with van der Waals surface area (Å²) < 4.78 is 1.21. The van der Waals surface area contributed by atoms with E-state index >= 15 is 0 Å². The van der Waals surface area contributed by atoms with Gasteiger partial charge in [-0.05, 0) is 47.9 Å². The molecule has 0 saturated carbocycles. The standard InChI is InChI=1S/C23H15N5OS/c29-23(26-17-6-5-14-11-24-27-19(14)10-17)15-7-16-12-25-28-22(16)18(8-15)21-9-13-3-1-2-4-20(13)30-21/h1-12H,(H,24,27)(H,25,28)(H,26,29). The Balaban J connectivity index is 1.42. The Morgan fingerprint density at radius 2 is 1.73 bits per heavy atom. The lowest BCUT2D eigenvalue weighted by molar-refractivity contribution is 0.102. The fourth-order valence-electron chi connectivity index (χ4n) is 3.72. The van der Waals surface area contributed by atoms with Crippen LogP contribution in [-0.2, 0) is 0 Å². The van der Waals surface area contributed by atoms with Crippen molar-refractivity contribution in [1.29, 1.82) is 0 Å². The molecular weight excluding hydrogens is 394 g/mol. The SMILES string of the molecule is O=C(Nc1ccc2cn[nH]c2c1)c1cc(-c2cc3ccccc3s2)c2[nH]ncc2c1. The first-order valence-electron chi connectivity index (χ1n) is 9.45. The molecule has 0 aliphatic heterocycles. The van der Waals surface area contributed by atoms with Crippen LogP contribution in [0.15, 0.2) is 73.1 Å². The third-order valence-corrected chi connectivity index (χ3v) is 6.35. The van der Waals surface area contributed by atoms with Crippen molar-refractivity contribution in [2.45, 2.75) is 0 Å². The smallest absolute Gasteiger partial charge is 0.255 e. The summed E-state index contributed by atoms with van der Waals surface area (Å²) in [7, 11) is 0. The number of aromatic amines is 2. The minimum Gasteiger partial charge on any atom is -0.322 e. The Bertz CT molecular complexity index is 1530. The van der Waals surface area contributed by atoms with Gasteiger partial charge in [0.1, 0.15) is 0 Å². The largest absolute Gasteiger partial charge is 0.322 e. The molecule has 0 spiro atoms. The zero-order valence-electron chi connectivity index (χ0n) is 15.6. The summed E-state index contributed by atoms with van der Waals surface area (Å²) in [5.41, 5.74) is 4.08. The van der Waals surface area contributed by atoms with Crippen LogP contribution in [0, 0.1) is 0 Å². The zero-order valence-corrected chi connectivity index (χ0v) is 16.5. The number of anilines is 1. The van der Waals surface area contributed by atoms with E-state index < -0.39 is 0 Å². The van der Waals surface area contributed by atoms with E-state index in [1.807, 2.05) is 42.5 Å². The first-order valence-corrected chi connectivity index (χ1v) is 10.3. The molecule has 0 atom stereocenters. The number of aromatic nitrogens is 4. The number of carbonyl (C=O) groups is 1. The molecule has 144 valence electrons. The summed E-state index contributed by atoms with van der Waals surface area (Å²) in [6.45, 7) is 0. The van der Waals surface area contributed by atoms with E-state index in [1.165, 1.54) is 10.1 Å². The Hall–Kier alpha value is -3.97. The maximum Gasteiger partial charge on any atom is 0.255 e. The van der Waals surface area contributed by atoms with Crippen molar-refractivity contribution < 1.29 is 4.79 Å². The van der Waals surface area contributed by atoms with Gasteiger partial charge < -0.3 is 5.32 Å². The van der Waals surface area contributed by atoms with E-state index in [9.17, 15) is 4.79 Å². The lowest BCUT2D eigenvalue weighted by atomic mass is 10.0. The lowest BCUT2D eigenvalue weighted by Gasteiger charge is -2.08. The molecule has 0 aliphatic rings. The molecule has 0 saturated heterocycles. The highest BCUT2D eigenvalue weighted by atomic mass is 32.1. The van der Waals surface area contributed by atoms with Gasteiger partial charge in [-0.1, -0.05) is 18.2 Å². The lowest BCUT2D eigenvalue weighted by Crippen LogP contribution is -2.12. The number of thiophene rings is 1. The summed E-state index contributed by atoms with van der Waals surface area (Å²) in [6.07, 6.45) is 3.50. The van der Waals surface area contributed by atoms with E-state index in [2.05, 4.69) is 43.9 Å². The zero-order chi connectivity index (χ0) is 20.1. The minimum atomic E-state index is -0.167. The van der Waals surface area contributed by atoms with Gasteiger partial charge in [0.15, 0.2) is 0 Å². The maximum absolute atomic E-state index is 13.0. The molecule has 6 aromatic rings. The van der Waals surface area contributed by atoms with Crippen LogP contribution in [0.1, 0.15) is 10.4 Å². The van der Waals surface area contributed by atoms with Crippen LogP contribution in [-0.4, -0.2) is 26.3 Å². The van der Waals surface area contributed by atoms with E-state index in [-0.39, 0.29) is 5.91 Å². The molecule has 0 unspecified atom stereocenters. The normalized spacial score (nSPS) is 11.5. The average Bonchev–Trinajstić information content (AvgIpc) is 3.50. The van der Waals surface area contributed by atoms with Crippen molar-refractivity contribution in [3.63, 3.8) is 0 Å². The minimum absolute atomic E-state index is 0.167. The van der Waals surface area contributed by atoms with E-state index in [0.29, 0.717) is 11.3 Å². The Morgan fingerprint density at radius 3 is 2.67 bits per heavy atom. The third-order valence-electron chi connectivity index (χ3n) is 5.20. The van der Waals surface area contributed by atoms with Gasteiger partial charge >= 0.3 is 0 Å². The van der Waals surface area contributed by atoms with Gasteiger partial charge in [-0.3, -0.25) is 15.0 Å². The van der Waals surface area contributed by atoms with Crippen LogP contribution in [0.5, 0.6) is 0 Å². The van der Waals surface area contributed by atoms with Crippen LogP contribution in [0.4, 0.5) is 5.69 Å². The van der Waals surface area contributed by atoms with Gasteiger partial charge in [0.05, 0.1) is 23.4 Å². The van der Waals surface area contributed by atoms with Crippen molar-refractivity contribution >= 4 is 54.8 Å². The van der Waals surface area contributed by atoms with E-state index in [4.69, 9.17) is 0 Å². The predicted octanol–water partition coefficient (Wildman–Crippen LogP) is 5.57. The molecule has 7 heteroatoms. The number of rotatable bonds is 3. The molecule has 3 aromatic carbocycles. The molecule has 0 bridgehead atoms. The number of benzene rings is 3. The second-order valence-electron chi connectivity index (χ2n) is 7.13. The number of hydrogen-bond acceptors (Lipinski definition) is 4. The Morgan fingerprint density at radius 1 is 0.867 bits per heavy atom. The maximum atomic E-state index is 13.0. The van der Waals surface area contributed by atoms with Crippen LogP contribution in [0.2, 0.25) is 0 Å². The number of amides is 1. The highest BCUT2D eigenvalue weighted by molar-refractivity contribution is 7.22. The highest BCUT2D eigenvalue weighted by Gasteiger charge is 2.15. The number of hydrogen-bond donors (Lipinski definition) is 3. The number of H-pyrrole nitrogens is 2. The summed E-state index contributed by atoms with van der Waals surface area (Å²) in [5.74, 6) is -0.167. The van der Waals surface area contributed by atoms with Gasteiger partial charge in [-0.15, -0.1) is 11.3 Å². The molecule has 0 fully saturated rings. The molecule has 0 aliphatic carbocycles. The van der Waals surface area contributed by atoms with Gasteiger partial charge in [-0.25, -0.2) is 0 Å². The first-order chi connectivity index (χ1) is 14.7. The van der Waals surface area contributed by atoms with Crippen molar-refractivity contribution in [3.8, 4) is 10.4 Å². The summed E-state index contributed by atoms with van der Waals surface area (Å²) in [5, 5.41) is 20.3. The molecule has 3 N–H and O–H groups in total. The van der Waals surface area contributed by atoms with Gasteiger partial charge in [-0.2, -0.15) is 10.2 Å². The molecule has 3 heterocycles. The van der Waals surface area contributed by atoms with Crippen molar-refractivity contribution in [1.82, 2.24) is 20.4 Å². The van der Waals surface area contributed by atoms with Crippen molar-refractivity contribution in [2.24, 2.45) is 0 Å². The van der Waals surface area contributed by atoms with Crippen LogP contribution in [0.3, 0.4) is 0 Å². The highest BCUT2D eigenvalue weighted by Crippen LogP contribution is 2.37. The number of fused-ring (bicyclic) bond motifs is 3. The molecule has 6 nitrogen and oxygen atoms in total. The van der Waals surface area contributed by atoms with E-state index in [1.54, 1.807) is 23.7 Å². The Kier molecular flexibility index (Phi) is 3.69. The fourth-order valence-corrected chi connectivity index (χ4v) is 4.80. The summed E-state index contributed by atoms with van der Waals surface area (Å²) >= 11 is 1.70. The molecule has 3 aromatic heterocycles. The van der Waals surface area contributed by atoms with Gasteiger partial charge in [0.25, 0.3) is 5.91 Å². The molecule has 0 radical (unpaired) electrons. The van der Waals surface area contributed by atoms with Crippen molar-refractivity contribution in [3.05, 3.63) is 78.6 Å². The topological polar surface area (TPSA) is 86.5 Å². The molecular formula is C23H15N5OS. The monoisotopic (exact) mass is 409 g/mol. The van der Waals surface area contributed by atoms with Crippen LogP contribution >= 0.6 is 11.3 Å². The number of carbonyl (C=O) groups excluding carboxylic acids is 1. The quantitative estimate of drug-likeness (QED) is 0.357. The number of nitrogens with zero attached hydrogens (tertiary/aromatic N) is 2. The fraction of sp³-hybridized carbons (Fsp3) is 0. The average molecular weight is 409 g/mol. The first kappa shape index (κ1) is 16.9. The van der Waals surface area contributed by atoms with Crippen LogP contribution < -0.4 is 5.32 Å². The van der Waals surface area contributed by atoms with Gasteiger partial charge in [0.2, 0.25) is 0 Å². The Labute approximate surface area is 174 Å². The summed E-state index contributed by atoms with van der Waals surface area (Å²) in [6, 6.07) is 19.9.